The van der Waals surface area contributed by atoms with Gasteiger partial charge < -0.3 is 0 Å². The number of carbonyl (C=O) groups excluding carboxylic acids is 1. The van der Waals surface area contributed by atoms with Gasteiger partial charge in [-0.2, -0.15) is 0 Å². The molecule has 0 N–H and O–H groups in total. The zero-order chi connectivity index (χ0) is 11.1. The van der Waals surface area contributed by atoms with Crippen molar-refractivity contribution in [2.45, 2.75) is 24.8 Å². The lowest BCUT2D eigenvalue weighted by Crippen LogP contribution is -2.31. The van der Waals surface area contributed by atoms with E-state index in [0.717, 1.165) is 5.56 Å². The molecule has 1 aromatic rings. The lowest BCUT2D eigenvalue weighted by atomic mass is 10.0. The van der Waals surface area contributed by atoms with E-state index in [1.54, 1.807) is 0 Å². The summed E-state index contributed by atoms with van der Waals surface area (Å²) in [4.78, 5) is 21.8. The van der Waals surface area contributed by atoms with Crippen LogP contribution in [0, 0.1) is 10.1 Å². The van der Waals surface area contributed by atoms with Crippen LogP contribution < -0.4 is 0 Å². The van der Waals surface area contributed by atoms with Gasteiger partial charge in [0.1, 0.15) is 0 Å². The van der Waals surface area contributed by atoms with Crippen molar-refractivity contribution < 1.29 is 9.72 Å². The fraction of sp³-hybridized carbons (Fsp3) is 0.364. The summed E-state index contributed by atoms with van der Waals surface area (Å²) in [5, 5.41) is 10.9. The topological polar surface area (TPSA) is 60.2 Å². The Morgan fingerprint density at radius 2 is 2.07 bits per heavy atom. The van der Waals surface area contributed by atoms with Crippen LogP contribution in [0.25, 0.3) is 0 Å². The summed E-state index contributed by atoms with van der Waals surface area (Å²) >= 11 is 0. The summed E-state index contributed by atoms with van der Waals surface area (Å²) < 4.78 is 0. The van der Waals surface area contributed by atoms with E-state index in [1.165, 1.54) is 6.92 Å². The van der Waals surface area contributed by atoms with Crippen LogP contribution in [0.2, 0.25) is 0 Å². The van der Waals surface area contributed by atoms with Crippen LogP contribution in [0.1, 0.15) is 24.8 Å². The SMILES string of the molecule is CC(=O)[C@@]1([N+](=O)[O-])C[C@H]1c1ccccc1. The molecule has 0 unspecified atom stereocenters. The van der Waals surface area contributed by atoms with Crippen molar-refractivity contribution in [1.82, 2.24) is 0 Å². The van der Waals surface area contributed by atoms with Gasteiger partial charge in [0, 0.05) is 18.3 Å². The maximum Gasteiger partial charge on any atom is 0.286 e. The second-order valence-corrected chi connectivity index (χ2v) is 3.90. The molecule has 0 spiro atoms. The van der Waals surface area contributed by atoms with Crippen LogP contribution in [0.15, 0.2) is 30.3 Å². The molecule has 0 aromatic heterocycles. The number of nitrogens with zero attached hydrogens (tertiary/aromatic N) is 1. The van der Waals surface area contributed by atoms with E-state index >= 15 is 0 Å². The Morgan fingerprint density at radius 1 is 1.47 bits per heavy atom. The van der Waals surface area contributed by atoms with Gasteiger partial charge in [0.05, 0.1) is 5.92 Å². The van der Waals surface area contributed by atoms with Gasteiger partial charge in [0.25, 0.3) is 5.54 Å². The standard InChI is InChI=1S/C11H11NO3/c1-8(13)11(12(14)15)7-10(11)9-5-3-2-4-6-9/h2-6,10H,7H2,1H3/t10-,11-/m0/s1. The third-order valence-corrected chi connectivity index (χ3v) is 3.07. The maximum atomic E-state index is 11.3. The van der Waals surface area contributed by atoms with E-state index in [1.807, 2.05) is 30.3 Å². The van der Waals surface area contributed by atoms with Gasteiger partial charge in [-0.1, -0.05) is 30.3 Å². The Bertz CT molecular complexity index is 399. The van der Waals surface area contributed by atoms with E-state index in [9.17, 15) is 14.9 Å². The molecule has 2 atom stereocenters. The molecular weight excluding hydrogens is 194 g/mol. The first kappa shape index (κ1) is 9.83. The number of hydrogen-bond acceptors (Lipinski definition) is 3. The van der Waals surface area contributed by atoms with E-state index in [0.29, 0.717) is 6.42 Å². The molecule has 15 heavy (non-hydrogen) atoms. The van der Waals surface area contributed by atoms with Gasteiger partial charge in [0.15, 0.2) is 0 Å². The quantitative estimate of drug-likeness (QED) is 0.558. The molecule has 0 radical (unpaired) electrons. The molecule has 1 aromatic carbocycles. The van der Waals surface area contributed by atoms with E-state index in [4.69, 9.17) is 0 Å². The molecule has 0 amide bonds. The highest BCUT2D eigenvalue weighted by Gasteiger charge is 2.70. The summed E-state index contributed by atoms with van der Waals surface area (Å²) in [7, 11) is 0. The average Bonchev–Trinajstić information content (AvgIpc) is 2.95. The molecular formula is C11H11NO3. The Balaban J connectivity index is 2.31. The molecule has 0 bridgehead atoms. The first-order chi connectivity index (χ1) is 7.09. The molecule has 1 aliphatic rings. The van der Waals surface area contributed by atoms with Gasteiger partial charge >= 0.3 is 0 Å². The first-order valence-corrected chi connectivity index (χ1v) is 4.79. The van der Waals surface area contributed by atoms with E-state index < -0.39 is 10.5 Å². The third-order valence-electron chi connectivity index (χ3n) is 3.07. The predicted octanol–water partition coefficient (Wildman–Crippen LogP) is 1.78. The normalized spacial score (nSPS) is 28.5. The smallest absolute Gasteiger partial charge is 0.286 e. The van der Waals surface area contributed by atoms with Gasteiger partial charge in [-0.15, -0.1) is 0 Å². The molecule has 0 aliphatic heterocycles. The Kier molecular flexibility index (Phi) is 2.07. The van der Waals surface area contributed by atoms with Crippen LogP contribution in [0.3, 0.4) is 0 Å². The fourth-order valence-corrected chi connectivity index (χ4v) is 2.05. The average molecular weight is 205 g/mol. The summed E-state index contributed by atoms with van der Waals surface area (Å²) in [6.45, 7) is 1.30. The molecule has 1 fully saturated rings. The summed E-state index contributed by atoms with van der Waals surface area (Å²) in [5.41, 5.74) is -0.467. The van der Waals surface area contributed by atoms with Gasteiger partial charge in [-0.3, -0.25) is 14.9 Å². The van der Waals surface area contributed by atoms with Crippen molar-refractivity contribution in [3.05, 3.63) is 46.0 Å². The van der Waals surface area contributed by atoms with Gasteiger partial charge in [-0.25, -0.2) is 0 Å². The van der Waals surface area contributed by atoms with Crippen LogP contribution in [-0.4, -0.2) is 16.2 Å². The fourth-order valence-electron chi connectivity index (χ4n) is 2.05. The minimum atomic E-state index is -1.35. The minimum absolute atomic E-state index is 0.244. The minimum Gasteiger partial charge on any atom is -0.292 e. The van der Waals surface area contributed by atoms with Gasteiger partial charge in [0.2, 0.25) is 5.78 Å². The number of benzene rings is 1. The van der Waals surface area contributed by atoms with Crippen molar-refractivity contribution in [3.63, 3.8) is 0 Å². The number of carbonyl (C=O) groups is 1. The molecule has 0 saturated heterocycles. The summed E-state index contributed by atoms with van der Waals surface area (Å²) in [6.07, 6.45) is 0.333. The van der Waals surface area contributed by atoms with Crippen molar-refractivity contribution >= 4 is 5.78 Å². The molecule has 4 nitrogen and oxygen atoms in total. The van der Waals surface area contributed by atoms with E-state index in [-0.39, 0.29) is 11.7 Å². The Morgan fingerprint density at radius 3 is 2.47 bits per heavy atom. The molecule has 0 heterocycles. The number of ketones is 1. The van der Waals surface area contributed by atoms with Crippen LogP contribution in [0.5, 0.6) is 0 Å². The maximum absolute atomic E-state index is 11.3. The molecule has 1 saturated carbocycles. The number of Topliss-reactive ketones (excluding diaryl/α,β-unsaturated/α-hetero) is 1. The first-order valence-electron chi connectivity index (χ1n) is 4.79. The summed E-state index contributed by atoms with van der Waals surface area (Å²) in [5.74, 6) is -0.590. The number of rotatable bonds is 3. The zero-order valence-electron chi connectivity index (χ0n) is 8.34. The van der Waals surface area contributed by atoms with Crippen molar-refractivity contribution in [2.24, 2.45) is 0 Å². The van der Waals surface area contributed by atoms with Gasteiger partial charge in [-0.05, 0) is 5.56 Å². The Hall–Kier alpha value is -1.71. The van der Waals surface area contributed by atoms with Crippen molar-refractivity contribution in [2.75, 3.05) is 0 Å². The lowest BCUT2D eigenvalue weighted by Gasteiger charge is -2.04. The third kappa shape index (κ3) is 1.33. The monoisotopic (exact) mass is 205 g/mol. The summed E-state index contributed by atoms with van der Waals surface area (Å²) in [6, 6.07) is 9.18. The second-order valence-electron chi connectivity index (χ2n) is 3.90. The van der Waals surface area contributed by atoms with Crippen molar-refractivity contribution in [1.29, 1.82) is 0 Å². The number of nitro groups is 1. The zero-order valence-corrected chi connectivity index (χ0v) is 8.34. The number of hydrogen-bond donors (Lipinski definition) is 0. The highest BCUT2D eigenvalue weighted by Crippen LogP contribution is 2.54. The Labute approximate surface area is 87.1 Å². The molecule has 4 heteroatoms. The van der Waals surface area contributed by atoms with Crippen molar-refractivity contribution in [3.8, 4) is 0 Å². The molecule has 78 valence electrons. The largest absolute Gasteiger partial charge is 0.292 e. The predicted molar refractivity (Wildman–Crippen MR) is 54.2 cm³/mol. The van der Waals surface area contributed by atoms with E-state index in [2.05, 4.69) is 0 Å². The molecule has 1 aliphatic carbocycles. The lowest BCUT2D eigenvalue weighted by molar-refractivity contribution is -0.523. The second kappa shape index (κ2) is 3.15. The molecule has 2 rings (SSSR count). The van der Waals surface area contributed by atoms with Crippen LogP contribution in [-0.2, 0) is 4.79 Å². The van der Waals surface area contributed by atoms with Crippen LogP contribution >= 0.6 is 0 Å². The van der Waals surface area contributed by atoms with Crippen LogP contribution in [0.4, 0.5) is 0 Å². The highest BCUT2D eigenvalue weighted by atomic mass is 16.6. The highest BCUT2D eigenvalue weighted by molar-refractivity contribution is 5.89.